The number of fused-ring (bicyclic) bond motifs is 1. The van der Waals surface area contributed by atoms with Crippen molar-refractivity contribution in [3.63, 3.8) is 0 Å². The van der Waals surface area contributed by atoms with Gasteiger partial charge in [0, 0.05) is 5.69 Å². The lowest BCUT2D eigenvalue weighted by molar-refractivity contribution is -0.150. The van der Waals surface area contributed by atoms with E-state index >= 15 is 0 Å². The number of nitrogens with zero attached hydrogens (tertiary/aromatic N) is 1. The molecule has 2 saturated heterocycles. The number of aliphatic hydroxyl groups is 1. The van der Waals surface area contributed by atoms with Crippen molar-refractivity contribution in [2.75, 3.05) is 25.1 Å². The zero-order chi connectivity index (χ0) is 23.9. The topological polar surface area (TPSA) is 100 Å². The van der Waals surface area contributed by atoms with Gasteiger partial charge in [-0.05, 0) is 37.5 Å². The highest BCUT2D eigenvalue weighted by atomic mass is 16.5. The van der Waals surface area contributed by atoms with Gasteiger partial charge < -0.3 is 30.1 Å². The van der Waals surface area contributed by atoms with Crippen LogP contribution < -0.4 is 10.6 Å². The Balaban J connectivity index is 1.37. The lowest BCUT2D eigenvalue weighted by Crippen LogP contribution is -2.58. The van der Waals surface area contributed by atoms with Gasteiger partial charge in [0.1, 0.15) is 6.10 Å². The predicted molar refractivity (Wildman–Crippen MR) is 128 cm³/mol. The van der Waals surface area contributed by atoms with Crippen LogP contribution in [0.25, 0.3) is 0 Å². The molecule has 8 heteroatoms. The van der Waals surface area contributed by atoms with Crippen molar-refractivity contribution in [2.45, 2.75) is 56.6 Å². The van der Waals surface area contributed by atoms with E-state index in [-0.39, 0.29) is 62.4 Å². The van der Waals surface area contributed by atoms with E-state index in [1.54, 1.807) is 4.90 Å². The van der Waals surface area contributed by atoms with E-state index in [0.29, 0.717) is 18.5 Å². The van der Waals surface area contributed by atoms with E-state index in [1.807, 2.05) is 67.6 Å². The molecule has 3 amide bonds. The van der Waals surface area contributed by atoms with Crippen molar-refractivity contribution < 1.29 is 24.2 Å². The van der Waals surface area contributed by atoms with Gasteiger partial charge in [-0.1, -0.05) is 48.5 Å². The number of carbonyl (C=O) groups excluding carboxylic acids is 2. The maximum Gasteiger partial charge on any atom is 0.322 e. The van der Waals surface area contributed by atoms with Gasteiger partial charge in [-0.25, -0.2) is 4.79 Å². The first-order valence-electron chi connectivity index (χ1n) is 11.9. The monoisotopic (exact) mass is 467 g/mol. The highest BCUT2D eigenvalue weighted by Crippen LogP contribution is 2.28. The zero-order valence-electron chi connectivity index (χ0n) is 19.4. The quantitative estimate of drug-likeness (QED) is 0.628. The van der Waals surface area contributed by atoms with Crippen LogP contribution in [-0.4, -0.2) is 66.1 Å². The molecule has 0 aliphatic carbocycles. The molecule has 0 spiro atoms. The maximum absolute atomic E-state index is 13.1. The van der Waals surface area contributed by atoms with Crippen LogP contribution in [0.3, 0.4) is 0 Å². The normalized spacial score (nSPS) is 25.9. The molecule has 2 fully saturated rings. The third kappa shape index (κ3) is 6.34. The van der Waals surface area contributed by atoms with Crippen molar-refractivity contribution in [1.29, 1.82) is 0 Å². The number of hydrogen-bond acceptors (Lipinski definition) is 5. The first-order chi connectivity index (χ1) is 16.5. The summed E-state index contributed by atoms with van der Waals surface area (Å²) in [5.41, 5.74) is 1.74. The van der Waals surface area contributed by atoms with Gasteiger partial charge in [0.2, 0.25) is 5.91 Å². The summed E-state index contributed by atoms with van der Waals surface area (Å²) in [5.74, 6) is -0.0688. The number of nitrogens with one attached hydrogen (secondary N) is 2. The van der Waals surface area contributed by atoms with E-state index in [0.717, 1.165) is 5.56 Å². The third-order valence-corrected chi connectivity index (χ3v) is 6.36. The van der Waals surface area contributed by atoms with Crippen LogP contribution in [0.5, 0.6) is 0 Å². The molecule has 0 bridgehead atoms. The minimum absolute atomic E-state index is 0.0688. The lowest BCUT2D eigenvalue weighted by Gasteiger charge is -2.44. The number of benzene rings is 2. The van der Waals surface area contributed by atoms with Crippen LogP contribution >= 0.6 is 0 Å². The first-order valence-corrected chi connectivity index (χ1v) is 11.9. The number of rotatable bonds is 5. The number of β-amino-alcohol motifs (C(OH)–C–C–N with tert-alkyl or cyclic N) is 1. The van der Waals surface area contributed by atoms with Gasteiger partial charge in [0.05, 0.1) is 50.5 Å². The largest absolute Gasteiger partial charge is 0.389 e. The smallest absolute Gasteiger partial charge is 0.322 e. The van der Waals surface area contributed by atoms with Crippen LogP contribution in [0.2, 0.25) is 0 Å². The number of ether oxygens (including phenoxy) is 2. The van der Waals surface area contributed by atoms with E-state index in [9.17, 15) is 14.7 Å². The molecule has 8 nitrogen and oxygen atoms in total. The molecule has 4 rings (SSSR count). The minimum Gasteiger partial charge on any atom is -0.389 e. The molecule has 0 unspecified atom stereocenters. The summed E-state index contributed by atoms with van der Waals surface area (Å²) in [7, 11) is 0. The van der Waals surface area contributed by atoms with Crippen molar-refractivity contribution in [3.05, 3.63) is 66.2 Å². The number of carbonyl (C=O) groups is 2. The molecule has 2 aromatic rings. The summed E-state index contributed by atoms with van der Waals surface area (Å²) in [6.45, 7) is 2.50. The second-order valence-corrected chi connectivity index (χ2v) is 8.99. The second kappa shape index (κ2) is 11.5. The Kier molecular flexibility index (Phi) is 8.16. The number of para-hydroxylation sites is 1. The van der Waals surface area contributed by atoms with Gasteiger partial charge in [-0.3, -0.25) is 4.79 Å². The molecule has 0 aromatic heterocycles. The van der Waals surface area contributed by atoms with E-state index in [4.69, 9.17) is 9.47 Å². The summed E-state index contributed by atoms with van der Waals surface area (Å²) in [5, 5.41) is 16.2. The Morgan fingerprint density at radius 1 is 1.06 bits per heavy atom. The Bertz CT molecular complexity index is 942. The average molecular weight is 468 g/mol. The molecule has 3 N–H and O–H groups in total. The summed E-state index contributed by atoms with van der Waals surface area (Å²) in [6.07, 6.45) is 0.155. The fraction of sp³-hybridized carbons (Fsp3) is 0.462. The van der Waals surface area contributed by atoms with Crippen LogP contribution in [0, 0.1) is 0 Å². The molecule has 0 radical (unpaired) electrons. The van der Waals surface area contributed by atoms with Gasteiger partial charge in [0.25, 0.3) is 0 Å². The second-order valence-electron chi connectivity index (χ2n) is 8.99. The van der Waals surface area contributed by atoms with Gasteiger partial charge in [-0.15, -0.1) is 0 Å². The SMILES string of the molecule is C[C@@H](NC(=O)C[C@H]1CC[C@@H]2[C@H](COC[C@@H](O)CN2C(=O)Nc2ccccc2)O1)c1ccccc1. The summed E-state index contributed by atoms with van der Waals surface area (Å²) in [4.78, 5) is 27.4. The van der Waals surface area contributed by atoms with E-state index in [1.165, 1.54) is 0 Å². The summed E-state index contributed by atoms with van der Waals surface area (Å²) >= 11 is 0. The standard InChI is InChI=1S/C26H33N3O5/c1-18(19-8-4-2-5-9-19)27-25(31)14-22-12-13-23-24(34-22)17-33-16-21(30)15-29(23)26(32)28-20-10-6-3-7-11-20/h2-11,18,21-24,30H,12-17H2,1H3,(H,27,31)(H,28,32)/t18-,21+,22-,23-,24+/m1/s1. The number of amides is 3. The maximum atomic E-state index is 13.1. The molecule has 0 saturated carbocycles. The molecular weight excluding hydrogens is 434 g/mol. The molecule has 2 aromatic carbocycles. The van der Waals surface area contributed by atoms with Crippen molar-refractivity contribution in [2.24, 2.45) is 0 Å². The number of aliphatic hydroxyl groups excluding tert-OH is 1. The first kappa shape index (κ1) is 24.2. The van der Waals surface area contributed by atoms with Gasteiger partial charge in [-0.2, -0.15) is 0 Å². The molecule has 2 aliphatic heterocycles. The van der Waals surface area contributed by atoms with Crippen LogP contribution in [0.1, 0.15) is 37.8 Å². The Morgan fingerprint density at radius 2 is 1.76 bits per heavy atom. The number of anilines is 1. The summed E-state index contributed by atoms with van der Waals surface area (Å²) < 4.78 is 11.9. The molecular formula is C26H33N3O5. The van der Waals surface area contributed by atoms with Crippen molar-refractivity contribution in [1.82, 2.24) is 10.2 Å². The van der Waals surface area contributed by atoms with Crippen molar-refractivity contribution in [3.8, 4) is 0 Å². The lowest BCUT2D eigenvalue weighted by atomic mass is 9.94. The summed E-state index contributed by atoms with van der Waals surface area (Å²) in [6, 6.07) is 18.4. The van der Waals surface area contributed by atoms with Crippen LogP contribution in [0.4, 0.5) is 10.5 Å². The number of urea groups is 1. The molecule has 5 atom stereocenters. The van der Waals surface area contributed by atoms with Gasteiger partial charge in [0.15, 0.2) is 0 Å². The van der Waals surface area contributed by atoms with Crippen molar-refractivity contribution >= 4 is 17.6 Å². The van der Waals surface area contributed by atoms with E-state index < -0.39 is 6.10 Å². The van der Waals surface area contributed by atoms with Crippen LogP contribution in [0.15, 0.2) is 60.7 Å². The highest BCUT2D eigenvalue weighted by Gasteiger charge is 2.40. The fourth-order valence-electron chi connectivity index (χ4n) is 4.62. The number of hydrogen-bond donors (Lipinski definition) is 3. The minimum atomic E-state index is -0.773. The van der Waals surface area contributed by atoms with Crippen LogP contribution in [-0.2, 0) is 14.3 Å². The fourth-order valence-corrected chi connectivity index (χ4v) is 4.62. The Hall–Kier alpha value is -2.94. The molecule has 182 valence electrons. The average Bonchev–Trinajstić information content (AvgIpc) is 2.83. The van der Waals surface area contributed by atoms with E-state index in [2.05, 4.69) is 10.6 Å². The van der Waals surface area contributed by atoms with Gasteiger partial charge >= 0.3 is 6.03 Å². The third-order valence-electron chi connectivity index (χ3n) is 6.36. The highest BCUT2D eigenvalue weighted by molar-refractivity contribution is 5.89. The molecule has 2 heterocycles. The molecule has 2 aliphatic rings. The molecule has 34 heavy (non-hydrogen) atoms. The Labute approximate surface area is 200 Å². The predicted octanol–water partition coefficient (Wildman–Crippen LogP) is 3.10. The Morgan fingerprint density at radius 3 is 2.50 bits per heavy atom. The zero-order valence-corrected chi connectivity index (χ0v) is 19.4.